The van der Waals surface area contributed by atoms with Crippen LogP contribution in [0.3, 0.4) is 0 Å². The van der Waals surface area contributed by atoms with Crippen LogP contribution in [0.5, 0.6) is 0 Å². The van der Waals surface area contributed by atoms with E-state index < -0.39 is 0 Å². The summed E-state index contributed by atoms with van der Waals surface area (Å²) in [4.78, 5) is 10.5. The Morgan fingerprint density at radius 3 is 3.07 bits per heavy atom. The molecule has 82 valence electrons. The molecule has 1 aliphatic heterocycles. The molecule has 0 radical (unpaired) electrons. The molecule has 5 heteroatoms. The SMILES string of the molecule is CCC1COCCN1c1nccnc1N. The number of anilines is 2. The molecule has 0 bridgehead atoms. The first kappa shape index (κ1) is 10.2. The van der Waals surface area contributed by atoms with Crippen molar-refractivity contribution in [3.05, 3.63) is 12.4 Å². The molecular formula is C10H16N4O. The first-order valence-corrected chi connectivity index (χ1v) is 5.23. The highest BCUT2D eigenvalue weighted by atomic mass is 16.5. The van der Waals surface area contributed by atoms with Crippen LogP contribution in [0.25, 0.3) is 0 Å². The van der Waals surface area contributed by atoms with Crippen molar-refractivity contribution >= 4 is 11.6 Å². The minimum atomic E-state index is 0.359. The van der Waals surface area contributed by atoms with Gasteiger partial charge in [0.05, 0.1) is 19.3 Å². The Hall–Kier alpha value is -1.36. The summed E-state index contributed by atoms with van der Waals surface area (Å²) < 4.78 is 5.43. The van der Waals surface area contributed by atoms with Gasteiger partial charge in [0.1, 0.15) is 0 Å². The number of ether oxygens (including phenoxy) is 1. The van der Waals surface area contributed by atoms with Gasteiger partial charge < -0.3 is 15.4 Å². The molecule has 1 saturated heterocycles. The number of morpholine rings is 1. The second-order valence-electron chi connectivity index (χ2n) is 3.60. The Bertz CT molecular complexity index is 331. The van der Waals surface area contributed by atoms with Crippen LogP contribution in [0.4, 0.5) is 11.6 Å². The Morgan fingerprint density at radius 1 is 1.53 bits per heavy atom. The predicted molar refractivity (Wildman–Crippen MR) is 58.7 cm³/mol. The monoisotopic (exact) mass is 208 g/mol. The molecule has 1 unspecified atom stereocenters. The van der Waals surface area contributed by atoms with Crippen molar-refractivity contribution in [2.24, 2.45) is 0 Å². The quantitative estimate of drug-likeness (QED) is 0.774. The summed E-state index contributed by atoms with van der Waals surface area (Å²) in [5.41, 5.74) is 5.81. The molecule has 0 amide bonds. The van der Waals surface area contributed by atoms with Crippen molar-refractivity contribution < 1.29 is 4.74 Å². The van der Waals surface area contributed by atoms with Gasteiger partial charge >= 0.3 is 0 Å². The van der Waals surface area contributed by atoms with Crippen LogP contribution in [-0.2, 0) is 4.74 Å². The number of nitrogens with two attached hydrogens (primary N) is 1. The number of nitrogens with zero attached hydrogens (tertiary/aromatic N) is 3. The standard InChI is InChI=1S/C10H16N4O/c1-2-8-7-15-6-5-14(8)10-9(11)12-3-4-13-10/h3-4,8H,2,5-7H2,1H3,(H2,11,12). The highest BCUT2D eigenvalue weighted by Gasteiger charge is 2.24. The largest absolute Gasteiger partial charge is 0.381 e. The van der Waals surface area contributed by atoms with Crippen molar-refractivity contribution in [1.29, 1.82) is 0 Å². The third-order valence-electron chi connectivity index (χ3n) is 2.68. The summed E-state index contributed by atoms with van der Waals surface area (Å²) in [7, 11) is 0. The normalized spacial score (nSPS) is 21.7. The number of hydrogen-bond acceptors (Lipinski definition) is 5. The van der Waals surface area contributed by atoms with E-state index in [1.165, 1.54) is 0 Å². The van der Waals surface area contributed by atoms with Gasteiger partial charge in [0, 0.05) is 18.9 Å². The van der Waals surface area contributed by atoms with Crippen LogP contribution < -0.4 is 10.6 Å². The molecule has 1 atom stereocenters. The van der Waals surface area contributed by atoms with Crippen LogP contribution in [0.15, 0.2) is 12.4 Å². The zero-order chi connectivity index (χ0) is 10.7. The van der Waals surface area contributed by atoms with Gasteiger partial charge in [-0.3, -0.25) is 0 Å². The van der Waals surface area contributed by atoms with Gasteiger partial charge in [-0.1, -0.05) is 6.92 Å². The Morgan fingerprint density at radius 2 is 2.33 bits per heavy atom. The number of hydrogen-bond donors (Lipinski definition) is 1. The second kappa shape index (κ2) is 4.44. The number of nitrogen functional groups attached to an aromatic ring is 1. The van der Waals surface area contributed by atoms with Gasteiger partial charge in [0.2, 0.25) is 0 Å². The first-order chi connectivity index (χ1) is 7.33. The molecule has 1 aromatic rings. The van der Waals surface area contributed by atoms with Gasteiger partial charge in [-0.2, -0.15) is 0 Å². The van der Waals surface area contributed by atoms with Crippen LogP contribution in [0.2, 0.25) is 0 Å². The van der Waals surface area contributed by atoms with E-state index in [1.807, 2.05) is 0 Å². The summed E-state index contributed by atoms with van der Waals surface area (Å²) in [5.74, 6) is 1.28. The van der Waals surface area contributed by atoms with Crippen molar-refractivity contribution in [2.75, 3.05) is 30.4 Å². The summed E-state index contributed by atoms with van der Waals surface area (Å²) in [6.45, 7) is 4.44. The van der Waals surface area contributed by atoms with Crippen LogP contribution in [0.1, 0.15) is 13.3 Å². The summed E-state index contributed by atoms with van der Waals surface area (Å²) in [6.07, 6.45) is 4.31. The summed E-state index contributed by atoms with van der Waals surface area (Å²) in [5, 5.41) is 0. The van der Waals surface area contributed by atoms with Gasteiger partial charge in [-0.15, -0.1) is 0 Å². The smallest absolute Gasteiger partial charge is 0.171 e. The highest BCUT2D eigenvalue weighted by Crippen LogP contribution is 2.22. The van der Waals surface area contributed by atoms with Crippen LogP contribution >= 0.6 is 0 Å². The lowest BCUT2D eigenvalue weighted by Crippen LogP contribution is -2.46. The number of aromatic nitrogens is 2. The molecule has 5 nitrogen and oxygen atoms in total. The molecular weight excluding hydrogens is 192 g/mol. The lowest BCUT2D eigenvalue weighted by atomic mass is 10.2. The fourth-order valence-corrected chi connectivity index (χ4v) is 1.83. The lowest BCUT2D eigenvalue weighted by molar-refractivity contribution is 0.0926. The van der Waals surface area contributed by atoms with Gasteiger partial charge in [0.15, 0.2) is 11.6 Å². The zero-order valence-electron chi connectivity index (χ0n) is 8.89. The van der Waals surface area contributed by atoms with Crippen LogP contribution in [0, 0.1) is 0 Å². The maximum Gasteiger partial charge on any atom is 0.171 e. The van der Waals surface area contributed by atoms with Crippen molar-refractivity contribution in [2.45, 2.75) is 19.4 Å². The molecule has 1 aliphatic rings. The zero-order valence-corrected chi connectivity index (χ0v) is 8.89. The molecule has 2 N–H and O–H groups in total. The maximum atomic E-state index is 5.81. The van der Waals surface area contributed by atoms with Gasteiger partial charge in [0.25, 0.3) is 0 Å². The molecule has 15 heavy (non-hydrogen) atoms. The molecule has 2 rings (SSSR count). The Labute approximate surface area is 89.3 Å². The average Bonchev–Trinajstić information content (AvgIpc) is 2.30. The molecule has 0 saturated carbocycles. The fraction of sp³-hybridized carbons (Fsp3) is 0.600. The fourth-order valence-electron chi connectivity index (χ4n) is 1.83. The van der Waals surface area contributed by atoms with Crippen LogP contribution in [-0.4, -0.2) is 35.8 Å². The second-order valence-corrected chi connectivity index (χ2v) is 3.60. The van der Waals surface area contributed by atoms with E-state index in [2.05, 4.69) is 21.8 Å². The minimum absolute atomic E-state index is 0.359. The van der Waals surface area contributed by atoms with E-state index >= 15 is 0 Å². The van der Waals surface area contributed by atoms with Crippen molar-refractivity contribution in [3.8, 4) is 0 Å². The van der Waals surface area contributed by atoms with E-state index in [9.17, 15) is 0 Å². The Kier molecular flexibility index (Phi) is 3.01. The van der Waals surface area contributed by atoms with E-state index in [1.54, 1.807) is 12.4 Å². The van der Waals surface area contributed by atoms with Crippen molar-refractivity contribution in [3.63, 3.8) is 0 Å². The predicted octanol–water partition coefficient (Wildman–Crippen LogP) is 0.674. The lowest BCUT2D eigenvalue weighted by Gasteiger charge is -2.36. The van der Waals surface area contributed by atoms with Gasteiger partial charge in [-0.05, 0) is 6.42 Å². The third kappa shape index (κ3) is 2.02. The van der Waals surface area contributed by atoms with E-state index in [-0.39, 0.29) is 0 Å². The molecule has 1 fully saturated rings. The highest BCUT2D eigenvalue weighted by molar-refractivity contribution is 5.58. The van der Waals surface area contributed by atoms with Gasteiger partial charge in [-0.25, -0.2) is 9.97 Å². The Balaban J connectivity index is 2.24. The third-order valence-corrected chi connectivity index (χ3v) is 2.68. The topological polar surface area (TPSA) is 64.3 Å². The molecule has 1 aromatic heterocycles. The average molecular weight is 208 g/mol. The minimum Gasteiger partial charge on any atom is -0.381 e. The van der Waals surface area contributed by atoms with E-state index in [0.717, 1.165) is 32.0 Å². The number of rotatable bonds is 2. The van der Waals surface area contributed by atoms with Crippen molar-refractivity contribution in [1.82, 2.24) is 9.97 Å². The maximum absolute atomic E-state index is 5.81. The molecule has 0 spiro atoms. The molecule has 0 aliphatic carbocycles. The first-order valence-electron chi connectivity index (χ1n) is 5.23. The van der Waals surface area contributed by atoms with E-state index in [4.69, 9.17) is 10.5 Å². The molecule has 2 heterocycles. The van der Waals surface area contributed by atoms with E-state index in [0.29, 0.717) is 11.9 Å². The summed E-state index contributed by atoms with van der Waals surface area (Å²) >= 11 is 0. The summed E-state index contributed by atoms with van der Waals surface area (Å²) in [6, 6.07) is 0.359. The molecule has 0 aromatic carbocycles.